The molecular weight excluding hydrogens is 278 g/mol. The van der Waals surface area contributed by atoms with E-state index in [0.29, 0.717) is 13.1 Å². The molecule has 0 aliphatic carbocycles. The molecule has 0 aromatic heterocycles. The maximum absolute atomic E-state index is 13.7. The second-order valence-electron chi connectivity index (χ2n) is 5.80. The first-order valence-electron chi connectivity index (χ1n) is 6.92. The van der Waals surface area contributed by atoms with E-state index in [1.54, 1.807) is 0 Å². The Morgan fingerprint density at radius 2 is 2.00 bits per heavy atom. The predicted octanol–water partition coefficient (Wildman–Crippen LogP) is 1.21. The number of rotatable bonds is 4. The summed E-state index contributed by atoms with van der Waals surface area (Å²) in [6.07, 6.45) is 0. The highest BCUT2D eigenvalue weighted by Crippen LogP contribution is 2.26. The summed E-state index contributed by atoms with van der Waals surface area (Å²) in [6.45, 7) is 1.52. The predicted molar refractivity (Wildman–Crippen MR) is 74.9 cm³/mol. The molecule has 0 spiro atoms. The van der Waals surface area contributed by atoms with E-state index in [2.05, 4.69) is 0 Å². The molecule has 116 valence electrons. The van der Waals surface area contributed by atoms with Gasteiger partial charge in [-0.1, -0.05) is 0 Å². The highest BCUT2D eigenvalue weighted by atomic mass is 19.1. The van der Waals surface area contributed by atoms with Crippen molar-refractivity contribution in [3.63, 3.8) is 0 Å². The maximum Gasteiger partial charge on any atom is 0.256 e. The Bertz CT molecular complexity index is 522. The molecule has 1 N–H and O–H groups in total. The number of benzene rings is 1. The Hall–Kier alpha value is -1.53. The van der Waals surface area contributed by atoms with E-state index in [1.165, 1.54) is 4.90 Å². The van der Waals surface area contributed by atoms with E-state index in [1.807, 2.05) is 19.0 Å². The SMILES string of the molecule is CN(C)C[C@@H]1CN(C(=O)c2cc(F)ccc2F)C[C@@H]1CO. The number of hydrogen-bond donors (Lipinski definition) is 1. The molecule has 0 unspecified atom stereocenters. The van der Waals surface area contributed by atoms with Crippen molar-refractivity contribution >= 4 is 5.91 Å². The highest BCUT2D eigenvalue weighted by molar-refractivity contribution is 5.94. The first-order chi connectivity index (χ1) is 9.92. The lowest BCUT2D eigenvalue weighted by Gasteiger charge is -2.20. The van der Waals surface area contributed by atoms with E-state index in [4.69, 9.17) is 0 Å². The van der Waals surface area contributed by atoms with E-state index >= 15 is 0 Å². The van der Waals surface area contributed by atoms with Crippen LogP contribution in [-0.2, 0) is 0 Å². The molecule has 1 aromatic carbocycles. The molecule has 0 saturated carbocycles. The van der Waals surface area contributed by atoms with Crippen LogP contribution in [0.25, 0.3) is 0 Å². The topological polar surface area (TPSA) is 43.8 Å². The van der Waals surface area contributed by atoms with Gasteiger partial charge in [-0.05, 0) is 38.2 Å². The fourth-order valence-corrected chi connectivity index (χ4v) is 2.82. The number of amides is 1. The Morgan fingerprint density at radius 3 is 2.62 bits per heavy atom. The lowest BCUT2D eigenvalue weighted by Crippen LogP contribution is -2.31. The number of likely N-dealkylation sites (tertiary alicyclic amines) is 1. The minimum absolute atomic E-state index is 0.0199. The third-order valence-corrected chi connectivity index (χ3v) is 3.86. The molecule has 1 saturated heterocycles. The number of aliphatic hydroxyl groups excluding tert-OH is 1. The summed E-state index contributed by atoms with van der Waals surface area (Å²) in [5.41, 5.74) is -0.253. The maximum atomic E-state index is 13.7. The van der Waals surface area contributed by atoms with Crippen molar-refractivity contribution in [1.82, 2.24) is 9.80 Å². The molecule has 1 aliphatic heterocycles. The van der Waals surface area contributed by atoms with Crippen LogP contribution in [0, 0.1) is 23.5 Å². The third kappa shape index (κ3) is 3.57. The molecule has 2 rings (SSSR count). The zero-order valence-electron chi connectivity index (χ0n) is 12.2. The van der Waals surface area contributed by atoms with Crippen LogP contribution in [0.4, 0.5) is 8.78 Å². The molecule has 21 heavy (non-hydrogen) atoms. The van der Waals surface area contributed by atoms with Crippen molar-refractivity contribution in [3.05, 3.63) is 35.4 Å². The number of carbonyl (C=O) groups is 1. The van der Waals surface area contributed by atoms with Crippen molar-refractivity contribution in [2.75, 3.05) is 40.3 Å². The van der Waals surface area contributed by atoms with Gasteiger partial charge in [0.05, 0.1) is 5.56 Å². The molecule has 1 fully saturated rings. The fraction of sp³-hybridized carbons (Fsp3) is 0.533. The van der Waals surface area contributed by atoms with Crippen LogP contribution in [0.3, 0.4) is 0 Å². The van der Waals surface area contributed by atoms with E-state index in [9.17, 15) is 18.7 Å². The number of aliphatic hydroxyl groups is 1. The second kappa shape index (κ2) is 6.49. The summed E-state index contributed by atoms with van der Waals surface area (Å²) in [6, 6.07) is 2.87. The zero-order chi connectivity index (χ0) is 15.6. The van der Waals surface area contributed by atoms with Crippen LogP contribution >= 0.6 is 0 Å². The smallest absolute Gasteiger partial charge is 0.256 e. The second-order valence-corrected chi connectivity index (χ2v) is 5.80. The van der Waals surface area contributed by atoms with Gasteiger partial charge >= 0.3 is 0 Å². The van der Waals surface area contributed by atoms with Crippen molar-refractivity contribution in [2.24, 2.45) is 11.8 Å². The number of carbonyl (C=O) groups excluding carboxylic acids is 1. The minimum atomic E-state index is -0.724. The van der Waals surface area contributed by atoms with Gasteiger partial charge in [-0.15, -0.1) is 0 Å². The number of hydrogen-bond acceptors (Lipinski definition) is 3. The van der Waals surface area contributed by atoms with Crippen LogP contribution < -0.4 is 0 Å². The Balaban J connectivity index is 2.15. The average molecular weight is 298 g/mol. The fourth-order valence-electron chi connectivity index (χ4n) is 2.82. The molecule has 1 amide bonds. The first kappa shape index (κ1) is 15.9. The molecule has 4 nitrogen and oxygen atoms in total. The summed E-state index contributed by atoms with van der Waals surface area (Å²) in [4.78, 5) is 15.8. The van der Waals surface area contributed by atoms with Gasteiger partial charge in [0.25, 0.3) is 5.91 Å². The Morgan fingerprint density at radius 1 is 1.33 bits per heavy atom. The molecule has 1 heterocycles. The van der Waals surface area contributed by atoms with Gasteiger partial charge in [0.1, 0.15) is 11.6 Å². The highest BCUT2D eigenvalue weighted by Gasteiger charge is 2.36. The van der Waals surface area contributed by atoms with E-state index in [-0.39, 0.29) is 24.0 Å². The summed E-state index contributed by atoms with van der Waals surface area (Å²) < 4.78 is 26.9. The minimum Gasteiger partial charge on any atom is -0.396 e. The Labute approximate surface area is 123 Å². The van der Waals surface area contributed by atoms with Crippen molar-refractivity contribution in [2.45, 2.75) is 0 Å². The quantitative estimate of drug-likeness (QED) is 0.908. The lowest BCUT2D eigenvalue weighted by molar-refractivity contribution is 0.0774. The van der Waals surface area contributed by atoms with Crippen LogP contribution in [0.1, 0.15) is 10.4 Å². The van der Waals surface area contributed by atoms with E-state index in [0.717, 1.165) is 24.7 Å². The summed E-state index contributed by atoms with van der Waals surface area (Å²) in [7, 11) is 3.84. The monoisotopic (exact) mass is 298 g/mol. The molecule has 1 aromatic rings. The third-order valence-electron chi connectivity index (χ3n) is 3.86. The number of nitrogens with zero attached hydrogens (tertiary/aromatic N) is 2. The van der Waals surface area contributed by atoms with Gasteiger partial charge in [-0.25, -0.2) is 8.78 Å². The summed E-state index contributed by atoms with van der Waals surface area (Å²) >= 11 is 0. The molecule has 6 heteroatoms. The van der Waals surface area contributed by atoms with Gasteiger partial charge in [-0.3, -0.25) is 4.79 Å². The molecule has 0 bridgehead atoms. The Kier molecular flexibility index (Phi) is 4.90. The molecule has 1 aliphatic rings. The average Bonchev–Trinajstić information content (AvgIpc) is 2.83. The van der Waals surface area contributed by atoms with Gasteiger partial charge in [0, 0.05) is 32.2 Å². The van der Waals surface area contributed by atoms with Crippen LogP contribution in [0.2, 0.25) is 0 Å². The first-order valence-corrected chi connectivity index (χ1v) is 6.92. The normalized spacial score (nSPS) is 22.1. The van der Waals surface area contributed by atoms with Gasteiger partial charge in [0.15, 0.2) is 0 Å². The van der Waals surface area contributed by atoms with Crippen molar-refractivity contribution in [1.29, 1.82) is 0 Å². The van der Waals surface area contributed by atoms with Crippen LogP contribution in [-0.4, -0.2) is 61.2 Å². The lowest BCUT2D eigenvalue weighted by atomic mass is 9.97. The van der Waals surface area contributed by atoms with Crippen LogP contribution in [0.15, 0.2) is 18.2 Å². The number of halogens is 2. The summed E-state index contributed by atoms with van der Waals surface area (Å²) in [5.74, 6) is -1.79. The van der Waals surface area contributed by atoms with Gasteiger partial charge < -0.3 is 14.9 Å². The van der Waals surface area contributed by atoms with Crippen molar-refractivity contribution in [3.8, 4) is 0 Å². The largest absolute Gasteiger partial charge is 0.396 e. The van der Waals surface area contributed by atoms with E-state index < -0.39 is 17.5 Å². The van der Waals surface area contributed by atoms with Crippen molar-refractivity contribution < 1.29 is 18.7 Å². The molecular formula is C15H20F2N2O2. The summed E-state index contributed by atoms with van der Waals surface area (Å²) in [5, 5.41) is 9.43. The van der Waals surface area contributed by atoms with Gasteiger partial charge in [-0.2, -0.15) is 0 Å². The standard InChI is InChI=1S/C15H20F2N2O2/c1-18(2)6-10-7-19(8-11(10)9-20)15(21)13-5-12(16)3-4-14(13)17/h3-5,10-11,20H,6-9H2,1-2H3/t10-,11-/m1/s1. The van der Waals surface area contributed by atoms with Crippen LogP contribution in [0.5, 0.6) is 0 Å². The zero-order valence-corrected chi connectivity index (χ0v) is 12.2. The van der Waals surface area contributed by atoms with Gasteiger partial charge in [0.2, 0.25) is 0 Å². The molecule has 2 atom stereocenters. The molecule has 0 radical (unpaired) electrons.